The lowest BCUT2D eigenvalue weighted by molar-refractivity contribution is 0.448. The Morgan fingerprint density at radius 3 is 2.50 bits per heavy atom. The highest BCUT2D eigenvalue weighted by Gasteiger charge is 2.39. The van der Waals surface area contributed by atoms with Crippen molar-refractivity contribution in [1.82, 2.24) is 5.32 Å². The van der Waals surface area contributed by atoms with Crippen molar-refractivity contribution in [3.05, 3.63) is 35.6 Å². The maximum Gasteiger partial charge on any atom is 0.0846 e. The van der Waals surface area contributed by atoms with Gasteiger partial charge in [0.15, 0.2) is 0 Å². The molecule has 1 fully saturated rings. The predicted molar refractivity (Wildman–Crippen MR) is 96.2 cm³/mol. The molecule has 0 aromatic carbocycles. The smallest absolute Gasteiger partial charge is 0.0846 e. The van der Waals surface area contributed by atoms with Gasteiger partial charge in [0.25, 0.3) is 0 Å². The lowest BCUT2D eigenvalue weighted by Crippen LogP contribution is -2.37. The molecule has 1 heterocycles. The summed E-state index contributed by atoms with van der Waals surface area (Å²) in [6.45, 7) is 13.4. The fraction of sp³-hybridized carbons (Fsp3) is 0.700. The van der Waals surface area contributed by atoms with Crippen molar-refractivity contribution >= 4 is 0 Å². The summed E-state index contributed by atoms with van der Waals surface area (Å²) in [4.78, 5) is 0. The van der Waals surface area contributed by atoms with Gasteiger partial charge in [-0.25, -0.2) is 0 Å². The molecule has 0 amide bonds. The van der Waals surface area contributed by atoms with Crippen molar-refractivity contribution in [3.8, 4) is 0 Å². The molecule has 2 rings (SSSR count). The molecule has 0 saturated heterocycles. The van der Waals surface area contributed by atoms with Crippen LogP contribution in [0.3, 0.4) is 0 Å². The number of hydrogen-bond acceptors (Lipinski definition) is 2. The fourth-order valence-corrected chi connectivity index (χ4v) is 3.75. The number of nitrogens with one attached hydrogen (secondary N) is 1. The van der Waals surface area contributed by atoms with Crippen molar-refractivity contribution in [2.45, 2.75) is 72.4 Å². The van der Waals surface area contributed by atoms with Crippen molar-refractivity contribution < 1.29 is 0 Å². The summed E-state index contributed by atoms with van der Waals surface area (Å²) in [6.07, 6.45) is 11.8. The summed E-state index contributed by atoms with van der Waals surface area (Å²) in [5.41, 5.74) is 11.2. The quantitative estimate of drug-likeness (QED) is 0.626. The Morgan fingerprint density at radius 1 is 1.45 bits per heavy atom. The average molecular weight is 303 g/mol. The molecule has 2 unspecified atom stereocenters. The van der Waals surface area contributed by atoms with E-state index in [0.29, 0.717) is 11.3 Å². The largest absolute Gasteiger partial charge is 0.375 e. The third-order valence-corrected chi connectivity index (χ3v) is 5.75. The molecule has 124 valence electrons. The molecule has 1 aliphatic carbocycles. The van der Waals surface area contributed by atoms with Crippen LogP contribution < -0.4 is 11.1 Å². The van der Waals surface area contributed by atoms with Gasteiger partial charge in [0, 0.05) is 5.92 Å². The van der Waals surface area contributed by atoms with E-state index < -0.39 is 0 Å². The monoisotopic (exact) mass is 302 g/mol. The van der Waals surface area contributed by atoms with Crippen LogP contribution in [0, 0.1) is 17.3 Å². The molecule has 2 heteroatoms. The average Bonchev–Trinajstić information content (AvgIpc) is 3.14. The summed E-state index contributed by atoms with van der Waals surface area (Å²) < 4.78 is 0. The highest BCUT2D eigenvalue weighted by molar-refractivity contribution is 5.37. The Hall–Kier alpha value is -1.02. The van der Waals surface area contributed by atoms with Gasteiger partial charge < -0.3 is 11.1 Å². The Bertz CT molecular complexity index is 464. The predicted octanol–water partition coefficient (Wildman–Crippen LogP) is 4.89. The number of hydrogen-bond donors (Lipinski definition) is 2. The van der Waals surface area contributed by atoms with E-state index in [1.807, 2.05) is 0 Å². The highest BCUT2D eigenvalue weighted by Crippen LogP contribution is 2.52. The molecule has 3 N–H and O–H groups in total. The molecule has 2 nitrogen and oxygen atoms in total. The van der Waals surface area contributed by atoms with Gasteiger partial charge in [-0.05, 0) is 61.3 Å². The van der Waals surface area contributed by atoms with Crippen LogP contribution in [0.15, 0.2) is 35.6 Å². The van der Waals surface area contributed by atoms with Crippen LogP contribution in [-0.4, -0.2) is 6.17 Å². The van der Waals surface area contributed by atoms with Crippen LogP contribution in [0.25, 0.3) is 0 Å². The van der Waals surface area contributed by atoms with Gasteiger partial charge in [-0.15, -0.1) is 0 Å². The molecular formula is C20H34N2. The second-order valence-corrected chi connectivity index (χ2v) is 7.70. The van der Waals surface area contributed by atoms with Gasteiger partial charge in [-0.3, -0.25) is 0 Å². The molecule has 0 aromatic rings. The van der Waals surface area contributed by atoms with Crippen molar-refractivity contribution in [3.63, 3.8) is 0 Å². The lowest BCUT2D eigenvalue weighted by atomic mass is 9.80. The van der Waals surface area contributed by atoms with E-state index in [0.717, 1.165) is 5.92 Å². The third kappa shape index (κ3) is 3.84. The van der Waals surface area contributed by atoms with Crippen LogP contribution in [0.4, 0.5) is 0 Å². The molecule has 0 bridgehead atoms. The number of allylic oxidation sites excluding steroid dienone is 2. The van der Waals surface area contributed by atoms with Crippen LogP contribution in [-0.2, 0) is 0 Å². The summed E-state index contributed by atoms with van der Waals surface area (Å²) in [5.74, 6) is 1.08. The van der Waals surface area contributed by atoms with E-state index in [9.17, 15) is 0 Å². The number of nitrogens with two attached hydrogens (primary N) is 1. The SMILES string of the molecule is C=C/C(=C(\CC(CC)CC)CC1(C)CC1)C1C(C)=CNC1N. The van der Waals surface area contributed by atoms with Gasteiger partial charge in [-0.1, -0.05) is 51.8 Å². The van der Waals surface area contributed by atoms with Gasteiger partial charge in [0.1, 0.15) is 0 Å². The van der Waals surface area contributed by atoms with E-state index >= 15 is 0 Å². The summed E-state index contributed by atoms with van der Waals surface area (Å²) >= 11 is 0. The third-order valence-electron chi connectivity index (χ3n) is 5.75. The van der Waals surface area contributed by atoms with E-state index in [1.165, 1.54) is 49.7 Å². The normalized spacial score (nSPS) is 27.3. The topological polar surface area (TPSA) is 38.0 Å². The summed E-state index contributed by atoms with van der Waals surface area (Å²) in [5, 5.41) is 3.28. The molecule has 22 heavy (non-hydrogen) atoms. The zero-order valence-electron chi connectivity index (χ0n) is 14.9. The summed E-state index contributed by atoms with van der Waals surface area (Å²) in [7, 11) is 0. The lowest BCUT2D eigenvalue weighted by Gasteiger charge is -2.26. The van der Waals surface area contributed by atoms with Crippen molar-refractivity contribution in [1.29, 1.82) is 0 Å². The molecule has 0 spiro atoms. The first-order chi connectivity index (χ1) is 10.4. The van der Waals surface area contributed by atoms with Gasteiger partial charge in [0.05, 0.1) is 6.17 Å². The standard InChI is InChI=1S/C20H34N2/c1-6-15(7-2)11-16(12-20(5)9-10-20)17(8-3)18-14(4)13-22-19(18)21/h8,13,15,18-19,22H,3,6-7,9-12,21H2,1-2,4-5H3/b17-16-. The second kappa shape index (κ2) is 7.04. The van der Waals surface area contributed by atoms with E-state index in [-0.39, 0.29) is 6.17 Å². The van der Waals surface area contributed by atoms with Crippen LogP contribution >= 0.6 is 0 Å². The van der Waals surface area contributed by atoms with Crippen LogP contribution in [0.2, 0.25) is 0 Å². The molecule has 1 aliphatic heterocycles. The van der Waals surface area contributed by atoms with E-state index in [4.69, 9.17) is 5.73 Å². The zero-order chi connectivity index (χ0) is 16.3. The minimum atomic E-state index is -0.00304. The van der Waals surface area contributed by atoms with Crippen LogP contribution in [0.1, 0.15) is 66.2 Å². The van der Waals surface area contributed by atoms with Crippen LogP contribution in [0.5, 0.6) is 0 Å². The van der Waals surface area contributed by atoms with Gasteiger partial charge in [0.2, 0.25) is 0 Å². The maximum atomic E-state index is 6.31. The molecule has 0 radical (unpaired) electrons. The Balaban J connectivity index is 2.32. The minimum Gasteiger partial charge on any atom is -0.375 e. The fourth-order valence-electron chi connectivity index (χ4n) is 3.75. The second-order valence-electron chi connectivity index (χ2n) is 7.70. The minimum absolute atomic E-state index is 0.00304. The van der Waals surface area contributed by atoms with Gasteiger partial charge >= 0.3 is 0 Å². The molecule has 2 aliphatic rings. The molecule has 0 aromatic heterocycles. The van der Waals surface area contributed by atoms with Crippen molar-refractivity contribution in [2.24, 2.45) is 23.0 Å². The maximum absolute atomic E-state index is 6.31. The molecule has 2 atom stereocenters. The first-order valence-electron chi connectivity index (χ1n) is 8.96. The number of rotatable bonds is 8. The van der Waals surface area contributed by atoms with E-state index in [1.54, 1.807) is 5.57 Å². The Kier molecular flexibility index (Phi) is 5.55. The molecule has 1 saturated carbocycles. The summed E-state index contributed by atoms with van der Waals surface area (Å²) in [6, 6.07) is 0. The first-order valence-corrected chi connectivity index (χ1v) is 8.96. The Labute approximate surface area is 136 Å². The Morgan fingerprint density at radius 2 is 2.09 bits per heavy atom. The van der Waals surface area contributed by atoms with E-state index in [2.05, 4.69) is 51.9 Å². The first kappa shape index (κ1) is 17.3. The van der Waals surface area contributed by atoms with Gasteiger partial charge in [-0.2, -0.15) is 0 Å². The highest BCUT2D eigenvalue weighted by atomic mass is 15.0. The zero-order valence-corrected chi connectivity index (χ0v) is 14.9. The van der Waals surface area contributed by atoms with Crippen molar-refractivity contribution in [2.75, 3.05) is 0 Å². The molecular weight excluding hydrogens is 268 g/mol.